The quantitative estimate of drug-likeness (QED) is 0.746. The standard InChI is InChI=1S/C11H15NS/c1-13-10-4-2-9(3-5-10)8-11(12)6-7-11/h2-5H,6-8,12H2,1H3. The lowest BCUT2D eigenvalue weighted by atomic mass is 10.1. The molecule has 0 heterocycles. The summed E-state index contributed by atoms with van der Waals surface area (Å²) in [6.07, 6.45) is 5.52. The zero-order valence-electron chi connectivity index (χ0n) is 7.92. The summed E-state index contributed by atoms with van der Waals surface area (Å²) in [5.74, 6) is 0. The van der Waals surface area contributed by atoms with Gasteiger partial charge in [-0.25, -0.2) is 0 Å². The van der Waals surface area contributed by atoms with Gasteiger partial charge in [0.25, 0.3) is 0 Å². The molecule has 0 bridgehead atoms. The maximum absolute atomic E-state index is 6.04. The van der Waals surface area contributed by atoms with E-state index in [1.807, 2.05) is 0 Å². The van der Waals surface area contributed by atoms with Crippen LogP contribution in [0.25, 0.3) is 0 Å². The molecule has 0 unspecified atom stereocenters. The van der Waals surface area contributed by atoms with Crippen LogP contribution >= 0.6 is 11.8 Å². The van der Waals surface area contributed by atoms with Crippen molar-refractivity contribution in [1.29, 1.82) is 0 Å². The van der Waals surface area contributed by atoms with E-state index in [2.05, 4.69) is 30.5 Å². The lowest BCUT2D eigenvalue weighted by Crippen LogP contribution is -2.24. The first-order valence-corrected chi connectivity index (χ1v) is 5.86. The van der Waals surface area contributed by atoms with Crippen LogP contribution in [0.15, 0.2) is 29.2 Å². The highest BCUT2D eigenvalue weighted by molar-refractivity contribution is 7.98. The molecule has 0 aliphatic heterocycles. The highest BCUT2D eigenvalue weighted by Crippen LogP contribution is 2.35. The highest BCUT2D eigenvalue weighted by atomic mass is 32.2. The van der Waals surface area contributed by atoms with Crippen LogP contribution in [0.3, 0.4) is 0 Å². The van der Waals surface area contributed by atoms with E-state index in [4.69, 9.17) is 5.73 Å². The Balaban J connectivity index is 2.05. The molecule has 1 aromatic rings. The topological polar surface area (TPSA) is 26.0 Å². The number of hydrogen-bond acceptors (Lipinski definition) is 2. The van der Waals surface area contributed by atoms with Crippen molar-refractivity contribution in [3.05, 3.63) is 29.8 Å². The van der Waals surface area contributed by atoms with Crippen molar-refractivity contribution >= 4 is 11.8 Å². The van der Waals surface area contributed by atoms with E-state index in [-0.39, 0.29) is 5.54 Å². The van der Waals surface area contributed by atoms with Crippen molar-refractivity contribution in [3.63, 3.8) is 0 Å². The van der Waals surface area contributed by atoms with E-state index in [1.54, 1.807) is 11.8 Å². The molecule has 1 aliphatic carbocycles. The number of benzene rings is 1. The van der Waals surface area contributed by atoms with Crippen LogP contribution in [0.2, 0.25) is 0 Å². The van der Waals surface area contributed by atoms with Gasteiger partial charge in [-0.15, -0.1) is 11.8 Å². The lowest BCUT2D eigenvalue weighted by Gasteiger charge is -2.08. The van der Waals surface area contributed by atoms with Crippen LogP contribution in [0.5, 0.6) is 0 Å². The molecule has 13 heavy (non-hydrogen) atoms. The molecule has 0 amide bonds. The van der Waals surface area contributed by atoms with E-state index >= 15 is 0 Å². The van der Waals surface area contributed by atoms with E-state index < -0.39 is 0 Å². The Morgan fingerprint density at radius 2 is 1.92 bits per heavy atom. The summed E-state index contributed by atoms with van der Waals surface area (Å²) in [7, 11) is 0. The molecule has 0 saturated heterocycles. The summed E-state index contributed by atoms with van der Waals surface area (Å²) in [4.78, 5) is 1.32. The van der Waals surface area contributed by atoms with E-state index in [1.165, 1.54) is 23.3 Å². The zero-order valence-corrected chi connectivity index (χ0v) is 8.73. The van der Waals surface area contributed by atoms with Crippen molar-refractivity contribution in [3.8, 4) is 0 Å². The highest BCUT2D eigenvalue weighted by Gasteiger charge is 2.37. The first-order valence-electron chi connectivity index (χ1n) is 4.64. The van der Waals surface area contributed by atoms with Crippen LogP contribution in [0, 0.1) is 0 Å². The number of nitrogens with two attached hydrogens (primary N) is 1. The molecular weight excluding hydrogens is 178 g/mol. The van der Waals surface area contributed by atoms with Gasteiger partial charge in [-0.1, -0.05) is 12.1 Å². The second kappa shape index (κ2) is 3.35. The van der Waals surface area contributed by atoms with Gasteiger partial charge in [0.05, 0.1) is 0 Å². The van der Waals surface area contributed by atoms with Crippen molar-refractivity contribution in [2.75, 3.05) is 6.26 Å². The third kappa shape index (κ3) is 2.26. The van der Waals surface area contributed by atoms with Gasteiger partial charge in [-0.3, -0.25) is 0 Å². The summed E-state index contributed by atoms with van der Waals surface area (Å²) in [5, 5.41) is 0. The molecule has 1 aliphatic rings. The predicted molar refractivity (Wildman–Crippen MR) is 58.1 cm³/mol. The molecule has 0 aromatic heterocycles. The summed E-state index contributed by atoms with van der Waals surface area (Å²) < 4.78 is 0. The predicted octanol–water partition coefficient (Wildman–Crippen LogP) is 2.44. The molecule has 2 N–H and O–H groups in total. The van der Waals surface area contributed by atoms with E-state index in [0.717, 1.165) is 6.42 Å². The van der Waals surface area contributed by atoms with Gasteiger partial charge in [0.1, 0.15) is 0 Å². The minimum Gasteiger partial charge on any atom is -0.325 e. The Labute approximate surface area is 83.7 Å². The average molecular weight is 193 g/mol. The smallest absolute Gasteiger partial charge is 0.0196 e. The number of thioether (sulfide) groups is 1. The molecule has 0 radical (unpaired) electrons. The van der Waals surface area contributed by atoms with Crippen LogP contribution in [-0.4, -0.2) is 11.8 Å². The normalized spacial score (nSPS) is 18.6. The molecule has 1 aromatic carbocycles. The maximum Gasteiger partial charge on any atom is 0.0196 e. The number of hydrogen-bond donors (Lipinski definition) is 1. The molecular formula is C11H15NS. The lowest BCUT2D eigenvalue weighted by molar-refractivity contribution is 0.672. The summed E-state index contributed by atoms with van der Waals surface area (Å²) in [6.45, 7) is 0. The van der Waals surface area contributed by atoms with Crippen molar-refractivity contribution in [1.82, 2.24) is 0 Å². The third-order valence-electron chi connectivity index (χ3n) is 2.61. The van der Waals surface area contributed by atoms with Crippen LogP contribution in [0.4, 0.5) is 0 Å². The Morgan fingerprint density at radius 3 is 2.38 bits per heavy atom. The summed E-state index contributed by atoms with van der Waals surface area (Å²) in [6, 6.07) is 8.73. The van der Waals surface area contributed by atoms with Crippen molar-refractivity contribution in [2.45, 2.75) is 29.7 Å². The Kier molecular flexibility index (Phi) is 2.35. The average Bonchev–Trinajstić information content (AvgIpc) is 2.85. The first kappa shape index (κ1) is 9.10. The molecule has 70 valence electrons. The molecule has 1 saturated carbocycles. The third-order valence-corrected chi connectivity index (χ3v) is 3.35. The SMILES string of the molecule is CSc1ccc(CC2(N)CC2)cc1. The number of rotatable bonds is 3. The molecule has 2 rings (SSSR count). The minimum atomic E-state index is 0.140. The minimum absolute atomic E-state index is 0.140. The van der Waals surface area contributed by atoms with Gasteiger partial charge >= 0.3 is 0 Å². The fourth-order valence-corrected chi connectivity index (χ4v) is 1.90. The molecule has 1 nitrogen and oxygen atoms in total. The maximum atomic E-state index is 6.04. The summed E-state index contributed by atoms with van der Waals surface area (Å²) >= 11 is 1.78. The van der Waals surface area contributed by atoms with Gasteiger partial charge in [0.2, 0.25) is 0 Å². The second-order valence-electron chi connectivity index (χ2n) is 3.89. The van der Waals surface area contributed by atoms with Gasteiger partial charge in [0, 0.05) is 10.4 Å². The van der Waals surface area contributed by atoms with Gasteiger partial charge in [-0.2, -0.15) is 0 Å². The fourth-order valence-electron chi connectivity index (χ4n) is 1.49. The van der Waals surface area contributed by atoms with Crippen LogP contribution in [0.1, 0.15) is 18.4 Å². The van der Waals surface area contributed by atoms with E-state index in [0.29, 0.717) is 0 Å². The van der Waals surface area contributed by atoms with Gasteiger partial charge in [0.15, 0.2) is 0 Å². The van der Waals surface area contributed by atoms with Crippen molar-refractivity contribution < 1.29 is 0 Å². The molecule has 2 heteroatoms. The monoisotopic (exact) mass is 193 g/mol. The first-order chi connectivity index (χ1) is 6.22. The van der Waals surface area contributed by atoms with Crippen LogP contribution < -0.4 is 5.73 Å². The second-order valence-corrected chi connectivity index (χ2v) is 4.77. The Bertz CT molecular complexity index is 287. The molecule has 0 spiro atoms. The Morgan fingerprint density at radius 1 is 1.31 bits per heavy atom. The summed E-state index contributed by atoms with van der Waals surface area (Å²) in [5.41, 5.74) is 7.56. The van der Waals surface area contributed by atoms with Crippen molar-refractivity contribution in [2.24, 2.45) is 5.73 Å². The van der Waals surface area contributed by atoms with Crippen LogP contribution in [-0.2, 0) is 6.42 Å². The Hall–Kier alpha value is -0.470. The van der Waals surface area contributed by atoms with E-state index in [9.17, 15) is 0 Å². The largest absolute Gasteiger partial charge is 0.325 e. The molecule has 0 atom stereocenters. The fraction of sp³-hybridized carbons (Fsp3) is 0.455. The van der Waals surface area contributed by atoms with Gasteiger partial charge < -0.3 is 5.73 Å². The van der Waals surface area contributed by atoms with Gasteiger partial charge in [-0.05, 0) is 43.2 Å². The molecule has 1 fully saturated rings. The zero-order chi connectivity index (χ0) is 9.31.